The number of benzene rings is 1. The maximum atomic E-state index is 11.1. The van der Waals surface area contributed by atoms with Crippen molar-refractivity contribution < 1.29 is 14.6 Å². The van der Waals surface area contributed by atoms with Crippen molar-refractivity contribution in [3.63, 3.8) is 0 Å². The number of rotatable bonds is 3. The Balaban J connectivity index is 1.70. The molecule has 0 spiro atoms. The molecule has 1 fully saturated rings. The van der Waals surface area contributed by atoms with Crippen LogP contribution in [0.25, 0.3) is 0 Å². The Morgan fingerprint density at radius 3 is 3.11 bits per heavy atom. The lowest BCUT2D eigenvalue weighted by molar-refractivity contribution is -0.142. The van der Waals surface area contributed by atoms with Gasteiger partial charge >= 0.3 is 5.97 Å². The average Bonchev–Trinajstić information content (AvgIpc) is 2.96. The summed E-state index contributed by atoms with van der Waals surface area (Å²) in [4.78, 5) is 13.4. The lowest BCUT2D eigenvalue weighted by Gasteiger charge is -2.23. The minimum absolute atomic E-state index is 0.113. The Bertz CT molecular complexity index is 500. The van der Waals surface area contributed by atoms with E-state index in [1.54, 1.807) is 0 Å². The quantitative estimate of drug-likeness (QED) is 0.903. The van der Waals surface area contributed by atoms with E-state index in [1.165, 1.54) is 11.1 Å². The van der Waals surface area contributed by atoms with E-state index in [0.717, 1.165) is 38.3 Å². The van der Waals surface area contributed by atoms with E-state index in [4.69, 9.17) is 9.84 Å². The molecule has 19 heavy (non-hydrogen) atoms. The molecule has 102 valence electrons. The van der Waals surface area contributed by atoms with Gasteiger partial charge in [0.25, 0.3) is 0 Å². The highest BCUT2D eigenvalue weighted by atomic mass is 16.5. The number of carboxylic acid groups (broad SMARTS) is 1. The van der Waals surface area contributed by atoms with Crippen LogP contribution in [-0.2, 0) is 17.8 Å². The molecule has 4 nitrogen and oxygen atoms in total. The van der Waals surface area contributed by atoms with Gasteiger partial charge in [-0.2, -0.15) is 0 Å². The van der Waals surface area contributed by atoms with Crippen LogP contribution in [0.15, 0.2) is 18.2 Å². The van der Waals surface area contributed by atoms with Gasteiger partial charge in [0.2, 0.25) is 0 Å². The third kappa shape index (κ3) is 2.32. The van der Waals surface area contributed by atoms with Crippen molar-refractivity contribution in [2.75, 3.05) is 13.2 Å². The number of ether oxygens (including phenoxy) is 1. The van der Waals surface area contributed by atoms with Crippen LogP contribution in [-0.4, -0.2) is 35.2 Å². The molecule has 2 atom stereocenters. The molecular formula is C15H19NO3. The van der Waals surface area contributed by atoms with Gasteiger partial charge in [0.1, 0.15) is 5.75 Å². The van der Waals surface area contributed by atoms with E-state index in [1.807, 2.05) is 13.0 Å². The monoisotopic (exact) mass is 261 g/mol. The highest BCUT2D eigenvalue weighted by Crippen LogP contribution is 2.29. The second-order valence-corrected chi connectivity index (χ2v) is 5.49. The molecule has 1 aromatic carbocycles. The first kappa shape index (κ1) is 12.5. The smallest absolute Gasteiger partial charge is 0.308 e. The molecule has 1 aromatic rings. The van der Waals surface area contributed by atoms with Crippen molar-refractivity contribution in [1.82, 2.24) is 4.90 Å². The molecule has 2 aliphatic heterocycles. The Morgan fingerprint density at radius 1 is 1.53 bits per heavy atom. The predicted molar refractivity (Wildman–Crippen MR) is 71.3 cm³/mol. The first-order chi connectivity index (χ1) is 9.15. The topological polar surface area (TPSA) is 49.8 Å². The minimum atomic E-state index is -0.669. The lowest BCUT2D eigenvalue weighted by Crippen LogP contribution is -2.32. The molecule has 1 N–H and O–H groups in total. The lowest BCUT2D eigenvalue weighted by atomic mass is 10.0. The highest BCUT2D eigenvalue weighted by Gasteiger charge is 2.35. The summed E-state index contributed by atoms with van der Waals surface area (Å²) in [5.74, 6) is 0.108. The predicted octanol–water partition coefficient (Wildman–Crippen LogP) is 1.92. The van der Waals surface area contributed by atoms with E-state index in [-0.39, 0.29) is 12.0 Å². The van der Waals surface area contributed by atoms with Crippen LogP contribution in [0.4, 0.5) is 0 Å². The van der Waals surface area contributed by atoms with E-state index in [9.17, 15) is 4.79 Å². The first-order valence-electron chi connectivity index (χ1n) is 6.86. The molecule has 2 unspecified atom stereocenters. The molecule has 2 heterocycles. The molecule has 4 heteroatoms. The van der Waals surface area contributed by atoms with E-state index in [0.29, 0.717) is 0 Å². The Morgan fingerprint density at radius 2 is 2.37 bits per heavy atom. The first-order valence-corrected chi connectivity index (χ1v) is 6.86. The van der Waals surface area contributed by atoms with Gasteiger partial charge in [0.05, 0.1) is 12.5 Å². The zero-order chi connectivity index (χ0) is 13.4. The molecule has 0 amide bonds. The summed E-state index contributed by atoms with van der Waals surface area (Å²) < 4.78 is 5.50. The fraction of sp³-hybridized carbons (Fsp3) is 0.533. The number of likely N-dealkylation sites (tertiary alicyclic amines) is 1. The third-order valence-electron chi connectivity index (χ3n) is 4.34. The maximum absolute atomic E-state index is 11.1. The van der Waals surface area contributed by atoms with Gasteiger partial charge in [0, 0.05) is 19.0 Å². The van der Waals surface area contributed by atoms with Gasteiger partial charge < -0.3 is 9.84 Å². The zero-order valence-corrected chi connectivity index (χ0v) is 11.1. The number of aliphatic carboxylic acids is 1. The fourth-order valence-electron chi connectivity index (χ4n) is 3.13. The van der Waals surface area contributed by atoms with Crippen molar-refractivity contribution in [3.05, 3.63) is 29.3 Å². The Hall–Kier alpha value is -1.55. The van der Waals surface area contributed by atoms with Crippen LogP contribution in [0.2, 0.25) is 0 Å². The Labute approximate surface area is 113 Å². The maximum Gasteiger partial charge on any atom is 0.308 e. The molecule has 0 bridgehead atoms. The van der Waals surface area contributed by atoms with Gasteiger partial charge in [-0.25, -0.2) is 0 Å². The normalized spacial score (nSPS) is 26.2. The summed E-state index contributed by atoms with van der Waals surface area (Å²) >= 11 is 0. The van der Waals surface area contributed by atoms with Gasteiger partial charge in [0.15, 0.2) is 0 Å². The molecule has 0 aliphatic carbocycles. The van der Waals surface area contributed by atoms with Crippen LogP contribution >= 0.6 is 0 Å². The number of nitrogens with zero attached hydrogens (tertiary/aromatic N) is 1. The van der Waals surface area contributed by atoms with Crippen molar-refractivity contribution in [2.45, 2.75) is 32.4 Å². The summed E-state index contributed by atoms with van der Waals surface area (Å²) in [5.41, 5.74) is 2.53. The summed E-state index contributed by atoms with van der Waals surface area (Å²) in [7, 11) is 0. The van der Waals surface area contributed by atoms with Gasteiger partial charge in [-0.05, 0) is 37.1 Å². The molecular weight excluding hydrogens is 242 g/mol. The largest absolute Gasteiger partial charge is 0.493 e. The minimum Gasteiger partial charge on any atom is -0.493 e. The van der Waals surface area contributed by atoms with Crippen molar-refractivity contribution in [2.24, 2.45) is 5.92 Å². The van der Waals surface area contributed by atoms with Crippen LogP contribution in [0.5, 0.6) is 5.75 Å². The van der Waals surface area contributed by atoms with Crippen molar-refractivity contribution in [3.8, 4) is 5.75 Å². The highest BCUT2D eigenvalue weighted by molar-refractivity contribution is 5.71. The van der Waals surface area contributed by atoms with Crippen LogP contribution in [0.3, 0.4) is 0 Å². The molecule has 3 rings (SSSR count). The van der Waals surface area contributed by atoms with Crippen molar-refractivity contribution in [1.29, 1.82) is 0 Å². The standard InChI is InChI=1S/C15H19NO3/c1-10-13(15(17)18)4-6-16(10)9-11-2-3-14-12(8-11)5-7-19-14/h2-3,8,10,13H,4-7,9H2,1H3,(H,17,18). The zero-order valence-electron chi connectivity index (χ0n) is 11.1. The van der Waals surface area contributed by atoms with E-state index >= 15 is 0 Å². The number of hydrogen-bond acceptors (Lipinski definition) is 3. The number of carboxylic acids is 1. The van der Waals surface area contributed by atoms with Crippen LogP contribution < -0.4 is 4.74 Å². The number of hydrogen-bond donors (Lipinski definition) is 1. The summed E-state index contributed by atoms with van der Waals surface area (Å²) in [5, 5.41) is 9.15. The molecule has 0 saturated carbocycles. The summed E-state index contributed by atoms with van der Waals surface area (Å²) in [6.07, 6.45) is 1.74. The van der Waals surface area contributed by atoms with E-state index < -0.39 is 5.97 Å². The summed E-state index contributed by atoms with van der Waals surface area (Å²) in [6, 6.07) is 6.43. The van der Waals surface area contributed by atoms with Crippen LogP contribution in [0.1, 0.15) is 24.5 Å². The van der Waals surface area contributed by atoms with Gasteiger partial charge in [-0.3, -0.25) is 9.69 Å². The van der Waals surface area contributed by atoms with E-state index in [2.05, 4.69) is 17.0 Å². The average molecular weight is 261 g/mol. The second-order valence-electron chi connectivity index (χ2n) is 5.49. The molecule has 0 radical (unpaired) electrons. The van der Waals surface area contributed by atoms with Gasteiger partial charge in [-0.15, -0.1) is 0 Å². The van der Waals surface area contributed by atoms with Crippen LogP contribution in [0, 0.1) is 5.92 Å². The van der Waals surface area contributed by atoms with Gasteiger partial charge in [-0.1, -0.05) is 12.1 Å². The SMILES string of the molecule is CC1C(C(=O)O)CCN1Cc1ccc2c(c1)CCO2. The summed E-state index contributed by atoms with van der Waals surface area (Å²) in [6.45, 7) is 4.49. The number of fused-ring (bicyclic) bond motifs is 1. The Kier molecular flexibility index (Phi) is 3.19. The molecule has 1 saturated heterocycles. The molecule has 0 aromatic heterocycles. The molecule has 2 aliphatic rings. The fourth-order valence-corrected chi connectivity index (χ4v) is 3.13. The number of carbonyl (C=O) groups is 1. The second kappa shape index (κ2) is 4.85. The van der Waals surface area contributed by atoms with Crippen molar-refractivity contribution >= 4 is 5.97 Å². The third-order valence-corrected chi connectivity index (χ3v) is 4.34.